The third-order valence-corrected chi connectivity index (χ3v) is 2.37. The van der Waals surface area contributed by atoms with E-state index in [0.717, 1.165) is 0 Å². The molecule has 118 valence electrons. The number of nitrogens with zero attached hydrogens (tertiary/aromatic N) is 3. The molecule has 9 heteroatoms. The van der Waals surface area contributed by atoms with Crippen molar-refractivity contribution >= 4 is 12.0 Å². The van der Waals surface area contributed by atoms with Gasteiger partial charge in [-0.15, -0.1) is 5.10 Å². The maximum atomic E-state index is 11.4. The molecule has 1 rings (SSSR count). The lowest BCUT2D eigenvalue weighted by molar-refractivity contribution is 0.0690. The van der Waals surface area contributed by atoms with Gasteiger partial charge >= 0.3 is 12.0 Å². The van der Waals surface area contributed by atoms with Gasteiger partial charge in [0.15, 0.2) is 5.69 Å². The van der Waals surface area contributed by atoms with Crippen molar-refractivity contribution in [3.8, 4) is 0 Å². The molecule has 2 amide bonds. The van der Waals surface area contributed by atoms with Gasteiger partial charge < -0.3 is 20.5 Å². The maximum absolute atomic E-state index is 11.4. The van der Waals surface area contributed by atoms with Gasteiger partial charge in [0.2, 0.25) is 0 Å². The van der Waals surface area contributed by atoms with Gasteiger partial charge in [0.25, 0.3) is 0 Å². The average Bonchev–Trinajstić information content (AvgIpc) is 2.87. The Morgan fingerprint density at radius 2 is 2.10 bits per heavy atom. The highest BCUT2D eigenvalue weighted by atomic mass is 16.5. The second-order valence-corrected chi connectivity index (χ2v) is 4.82. The Morgan fingerprint density at radius 1 is 1.38 bits per heavy atom. The first-order valence-electron chi connectivity index (χ1n) is 6.72. The molecule has 21 heavy (non-hydrogen) atoms. The summed E-state index contributed by atoms with van der Waals surface area (Å²) in [5, 5.41) is 21.1. The number of aromatic carboxylic acids is 1. The standard InChI is InChI=1S/C12H21N5O4/c1-9(2)8-21-6-4-14-12(20)13-3-5-17-7-10(11(18)19)15-16-17/h7,9H,3-6,8H2,1-2H3,(H,18,19)(H2,13,14,20). The van der Waals surface area contributed by atoms with E-state index in [4.69, 9.17) is 9.84 Å². The lowest BCUT2D eigenvalue weighted by Gasteiger charge is -2.09. The number of rotatable bonds is 9. The van der Waals surface area contributed by atoms with Crippen LogP contribution in [0.2, 0.25) is 0 Å². The van der Waals surface area contributed by atoms with Crippen molar-refractivity contribution in [3.05, 3.63) is 11.9 Å². The maximum Gasteiger partial charge on any atom is 0.358 e. The molecule has 3 N–H and O–H groups in total. The number of carbonyl (C=O) groups excluding carboxylic acids is 1. The number of nitrogens with one attached hydrogen (secondary N) is 2. The van der Waals surface area contributed by atoms with Gasteiger partial charge in [0.05, 0.1) is 19.3 Å². The summed E-state index contributed by atoms with van der Waals surface area (Å²) >= 11 is 0. The minimum Gasteiger partial charge on any atom is -0.476 e. The van der Waals surface area contributed by atoms with E-state index in [2.05, 4.69) is 34.8 Å². The SMILES string of the molecule is CC(C)COCCNC(=O)NCCn1cc(C(=O)O)nn1. The zero-order valence-corrected chi connectivity index (χ0v) is 12.2. The van der Waals surface area contributed by atoms with Crippen molar-refractivity contribution in [1.29, 1.82) is 0 Å². The van der Waals surface area contributed by atoms with E-state index < -0.39 is 5.97 Å². The van der Waals surface area contributed by atoms with Crippen LogP contribution in [-0.4, -0.2) is 58.4 Å². The Morgan fingerprint density at radius 3 is 2.71 bits per heavy atom. The number of aromatic nitrogens is 3. The van der Waals surface area contributed by atoms with E-state index in [1.54, 1.807) is 0 Å². The molecule has 0 saturated carbocycles. The Balaban J connectivity index is 2.08. The Bertz CT molecular complexity index is 460. The summed E-state index contributed by atoms with van der Waals surface area (Å²) in [4.78, 5) is 22.0. The number of carboxylic acids is 1. The second kappa shape index (κ2) is 8.90. The average molecular weight is 299 g/mol. The van der Waals surface area contributed by atoms with Crippen molar-refractivity contribution in [3.63, 3.8) is 0 Å². The van der Waals surface area contributed by atoms with Gasteiger partial charge in [0, 0.05) is 19.7 Å². The van der Waals surface area contributed by atoms with Gasteiger partial charge in [-0.2, -0.15) is 0 Å². The van der Waals surface area contributed by atoms with Crippen LogP contribution in [0.15, 0.2) is 6.20 Å². The van der Waals surface area contributed by atoms with Crippen LogP contribution >= 0.6 is 0 Å². The van der Waals surface area contributed by atoms with E-state index >= 15 is 0 Å². The summed E-state index contributed by atoms with van der Waals surface area (Å²) in [5.41, 5.74) is -0.123. The van der Waals surface area contributed by atoms with Crippen LogP contribution in [0, 0.1) is 5.92 Å². The van der Waals surface area contributed by atoms with E-state index in [1.165, 1.54) is 10.9 Å². The smallest absolute Gasteiger partial charge is 0.358 e. The molecule has 0 aliphatic carbocycles. The molecule has 0 aromatic carbocycles. The number of carboxylic acid groups (broad SMARTS) is 1. The number of hydrogen-bond acceptors (Lipinski definition) is 5. The highest BCUT2D eigenvalue weighted by Gasteiger charge is 2.08. The summed E-state index contributed by atoms with van der Waals surface area (Å²) in [5.74, 6) is -0.662. The third kappa shape index (κ3) is 7.25. The molecule has 0 atom stereocenters. The highest BCUT2D eigenvalue weighted by molar-refractivity contribution is 5.84. The molecule has 0 unspecified atom stereocenters. The van der Waals surface area contributed by atoms with Crippen LogP contribution in [-0.2, 0) is 11.3 Å². The largest absolute Gasteiger partial charge is 0.476 e. The molecule has 9 nitrogen and oxygen atoms in total. The molecule has 0 fully saturated rings. The highest BCUT2D eigenvalue weighted by Crippen LogP contribution is 1.92. The number of hydrogen-bond donors (Lipinski definition) is 3. The third-order valence-electron chi connectivity index (χ3n) is 2.37. The van der Waals surface area contributed by atoms with Crippen LogP contribution in [0.3, 0.4) is 0 Å². The van der Waals surface area contributed by atoms with Crippen molar-refractivity contribution in [1.82, 2.24) is 25.6 Å². The molecule has 0 aliphatic heterocycles. The lowest BCUT2D eigenvalue weighted by atomic mass is 10.2. The van der Waals surface area contributed by atoms with E-state index in [-0.39, 0.29) is 11.7 Å². The van der Waals surface area contributed by atoms with Crippen LogP contribution in [0.5, 0.6) is 0 Å². The van der Waals surface area contributed by atoms with Gasteiger partial charge in [-0.3, -0.25) is 0 Å². The fourth-order valence-electron chi connectivity index (χ4n) is 1.41. The number of carbonyl (C=O) groups is 2. The Kier molecular flexibility index (Phi) is 7.16. The van der Waals surface area contributed by atoms with Crippen LogP contribution in [0.4, 0.5) is 4.79 Å². The first-order chi connectivity index (χ1) is 9.99. The summed E-state index contributed by atoms with van der Waals surface area (Å²) in [6.07, 6.45) is 1.31. The van der Waals surface area contributed by atoms with Crippen LogP contribution in [0.1, 0.15) is 24.3 Å². The van der Waals surface area contributed by atoms with Gasteiger partial charge in [-0.05, 0) is 5.92 Å². The molecule has 0 aliphatic rings. The molecule has 1 heterocycles. The van der Waals surface area contributed by atoms with Crippen molar-refractivity contribution in [2.24, 2.45) is 5.92 Å². The monoisotopic (exact) mass is 299 g/mol. The normalized spacial score (nSPS) is 10.6. The lowest BCUT2D eigenvalue weighted by Crippen LogP contribution is -2.38. The van der Waals surface area contributed by atoms with Crippen LogP contribution in [0.25, 0.3) is 0 Å². The van der Waals surface area contributed by atoms with E-state index in [1.807, 2.05) is 0 Å². The van der Waals surface area contributed by atoms with Crippen molar-refractivity contribution < 1.29 is 19.4 Å². The fourth-order valence-corrected chi connectivity index (χ4v) is 1.41. The summed E-state index contributed by atoms with van der Waals surface area (Å²) in [6.45, 7) is 6.35. The molecule has 0 bridgehead atoms. The molecule has 0 spiro atoms. The first kappa shape index (κ1) is 16.9. The minimum absolute atomic E-state index is 0.123. The zero-order valence-electron chi connectivity index (χ0n) is 12.2. The van der Waals surface area contributed by atoms with Gasteiger partial charge in [0.1, 0.15) is 0 Å². The van der Waals surface area contributed by atoms with E-state index in [9.17, 15) is 9.59 Å². The number of ether oxygens (including phenoxy) is 1. The predicted molar refractivity (Wildman–Crippen MR) is 74.0 cm³/mol. The molecule has 1 aromatic rings. The van der Waals surface area contributed by atoms with Crippen molar-refractivity contribution in [2.75, 3.05) is 26.3 Å². The Hall–Kier alpha value is -2.16. The molecular weight excluding hydrogens is 278 g/mol. The molecule has 0 saturated heterocycles. The predicted octanol–water partition coefficient (Wildman–Crippen LogP) is -0.0519. The second-order valence-electron chi connectivity index (χ2n) is 4.82. The van der Waals surface area contributed by atoms with Crippen LogP contribution < -0.4 is 10.6 Å². The zero-order chi connectivity index (χ0) is 15.7. The number of urea groups is 1. The van der Waals surface area contributed by atoms with Gasteiger partial charge in [-0.1, -0.05) is 19.1 Å². The Labute approximate surface area is 122 Å². The number of amides is 2. The molecular formula is C12H21N5O4. The fraction of sp³-hybridized carbons (Fsp3) is 0.667. The van der Waals surface area contributed by atoms with Gasteiger partial charge in [-0.25, -0.2) is 14.3 Å². The molecule has 1 aromatic heterocycles. The van der Waals surface area contributed by atoms with E-state index in [0.29, 0.717) is 38.8 Å². The summed E-state index contributed by atoms with van der Waals surface area (Å²) in [6, 6.07) is -0.304. The summed E-state index contributed by atoms with van der Waals surface area (Å²) in [7, 11) is 0. The first-order valence-corrected chi connectivity index (χ1v) is 6.72. The topological polar surface area (TPSA) is 118 Å². The summed E-state index contributed by atoms with van der Waals surface area (Å²) < 4.78 is 6.68. The quantitative estimate of drug-likeness (QED) is 0.550. The minimum atomic E-state index is -1.13. The molecule has 0 radical (unpaired) electrons. The van der Waals surface area contributed by atoms with Crippen molar-refractivity contribution in [2.45, 2.75) is 20.4 Å².